The fourth-order valence-corrected chi connectivity index (χ4v) is 5.20. The van der Waals surface area contributed by atoms with Gasteiger partial charge in [-0.3, -0.25) is 24.7 Å². The standard InChI is InChI=1S/C26H29N7O5/c1-37-20-4-6-31(14-20)22-10-23(28-12-19(22)11-27)30-26(36)33-5-2-3-17-9-18(21(15-34)29-25(17)33)13-32-7-8-38-24(32)16-35/h9-10,12,15-16,20,24H,2-8,13-14H2,1H3,(H,28,30,36)/t20-,24-/m0/s1. The monoisotopic (exact) mass is 519 g/mol. The second kappa shape index (κ2) is 11.2. The summed E-state index contributed by atoms with van der Waals surface area (Å²) in [5.41, 5.74) is 2.89. The van der Waals surface area contributed by atoms with Gasteiger partial charge in [-0.25, -0.2) is 14.8 Å². The van der Waals surface area contributed by atoms with Crippen molar-refractivity contribution in [3.05, 3.63) is 40.7 Å². The van der Waals surface area contributed by atoms with E-state index >= 15 is 0 Å². The van der Waals surface area contributed by atoms with Crippen LogP contribution < -0.4 is 15.1 Å². The van der Waals surface area contributed by atoms with Crippen LogP contribution in [0.1, 0.15) is 40.0 Å². The lowest BCUT2D eigenvalue weighted by molar-refractivity contribution is -0.121. The van der Waals surface area contributed by atoms with Crippen molar-refractivity contribution >= 4 is 35.9 Å². The van der Waals surface area contributed by atoms with E-state index in [9.17, 15) is 19.6 Å². The summed E-state index contributed by atoms with van der Waals surface area (Å²) in [6, 6.07) is 5.35. The highest BCUT2D eigenvalue weighted by atomic mass is 16.5. The van der Waals surface area contributed by atoms with Crippen molar-refractivity contribution in [1.29, 1.82) is 5.26 Å². The smallest absolute Gasteiger partial charge is 0.328 e. The van der Waals surface area contributed by atoms with Crippen LogP contribution in [0.15, 0.2) is 18.3 Å². The highest BCUT2D eigenvalue weighted by molar-refractivity contribution is 6.02. The first-order valence-electron chi connectivity index (χ1n) is 12.6. The summed E-state index contributed by atoms with van der Waals surface area (Å²) < 4.78 is 10.8. The van der Waals surface area contributed by atoms with E-state index in [1.54, 1.807) is 13.2 Å². The van der Waals surface area contributed by atoms with Crippen LogP contribution in [0.3, 0.4) is 0 Å². The number of methoxy groups -OCH3 is 1. The Hall–Kier alpha value is -3.92. The Balaban J connectivity index is 1.36. The number of nitriles is 1. The molecule has 12 nitrogen and oxygen atoms in total. The van der Waals surface area contributed by atoms with E-state index in [1.807, 2.05) is 11.0 Å². The molecule has 5 heterocycles. The van der Waals surface area contributed by atoms with Gasteiger partial charge in [0.15, 0.2) is 18.8 Å². The molecule has 0 spiro atoms. The van der Waals surface area contributed by atoms with E-state index in [2.05, 4.69) is 26.3 Å². The molecule has 0 unspecified atom stereocenters. The number of amides is 2. The van der Waals surface area contributed by atoms with Gasteiger partial charge in [-0.05, 0) is 36.5 Å². The van der Waals surface area contributed by atoms with Crippen LogP contribution in [-0.2, 0) is 27.2 Å². The zero-order valence-corrected chi connectivity index (χ0v) is 21.1. The number of aryl methyl sites for hydroxylation is 1. The number of rotatable bonds is 7. The number of aromatic nitrogens is 2. The zero-order chi connectivity index (χ0) is 26.6. The van der Waals surface area contributed by atoms with Gasteiger partial charge < -0.3 is 14.4 Å². The molecule has 0 bridgehead atoms. The average Bonchev–Trinajstić information content (AvgIpc) is 3.61. The van der Waals surface area contributed by atoms with Gasteiger partial charge in [-0.2, -0.15) is 5.26 Å². The molecule has 3 aliphatic heterocycles. The lowest BCUT2D eigenvalue weighted by atomic mass is 10.0. The van der Waals surface area contributed by atoms with Gasteiger partial charge >= 0.3 is 6.03 Å². The highest BCUT2D eigenvalue weighted by Crippen LogP contribution is 2.30. The maximum atomic E-state index is 13.3. The average molecular weight is 520 g/mol. The Kier molecular flexibility index (Phi) is 7.59. The summed E-state index contributed by atoms with van der Waals surface area (Å²) in [4.78, 5) is 50.8. The Bertz CT molecular complexity index is 1280. The Morgan fingerprint density at radius 2 is 2.18 bits per heavy atom. The Morgan fingerprint density at radius 1 is 1.32 bits per heavy atom. The number of hydrogen-bond donors (Lipinski definition) is 1. The largest absolute Gasteiger partial charge is 0.380 e. The molecule has 0 radical (unpaired) electrons. The van der Waals surface area contributed by atoms with Crippen molar-refractivity contribution in [2.24, 2.45) is 0 Å². The predicted molar refractivity (Wildman–Crippen MR) is 137 cm³/mol. The summed E-state index contributed by atoms with van der Waals surface area (Å²) in [7, 11) is 1.67. The van der Waals surface area contributed by atoms with Crippen LogP contribution in [0.25, 0.3) is 0 Å². The van der Waals surface area contributed by atoms with Gasteiger partial charge in [0.2, 0.25) is 0 Å². The lowest BCUT2D eigenvalue weighted by Crippen LogP contribution is -2.40. The summed E-state index contributed by atoms with van der Waals surface area (Å²) in [5.74, 6) is 0.749. The molecule has 2 aromatic rings. The van der Waals surface area contributed by atoms with Crippen LogP contribution in [0.5, 0.6) is 0 Å². The number of hydrogen-bond acceptors (Lipinski definition) is 10. The summed E-state index contributed by atoms with van der Waals surface area (Å²) >= 11 is 0. The number of aldehydes is 2. The third kappa shape index (κ3) is 5.08. The van der Waals surface area contributed by atoms with Gasteiger partial charge in [0.05, 0.1) is 24.0 Å². The third-order valence-electron chi connectivity index (χ3n) is 7.20. The van der Waals surface area contributed by atoms with Gasteiger partial charge in [0.25, 0.3) is 0 Å². The van der Waals surface area contributed by atoms with Crippen LogP contribution >= 0.6 is 0 Å². The molecule has 198 valence electrons. The van der Waals surface area contributed by atoms with E-state index < -0.39 is 12.3 Å². The number of ether oxygens (including phenoxy) is 2. The highest BCUT2D eigenvalue weighted by Gasteiger charge is 2.30. The number of fused-ring (bicyclic) bond motifs is 1. The molecule has 5 rings (SSSR count). The predicted octanol–water partition coefficient (Wildman–Crippen LogP) is 1.73. The first kappa shape index (κ1) is 25.7. The molecule has 2 saturated heterocycles. The van der Waals surface area contributed by atoms with Gasteiger partial charge in [-0.15, -0.1) is 0 Å². The minimum absolute atomic E-state index is 0.0860. The normalized spacial score (nSPS) is 21.2. The number of pyridine rings is 2. The minimum Gasteiger partial charge on any atom is -0.380 e. The first-order chi connectivity index (χ1) is 18.5. The van der Waals surface area contributed by atoms with Gasteiger partial charge in [0.1, 0.15) is 23.4 Å². The van der Waals surface area contributed by atoms with Crippen molar-refractivity contribution < 1.29 is 23.9 Å². The van der Waals surface area contributed by atoms with Crippen LogP contribution in [-0.4, -0.2) is 85.7 Å². The summed E-state index contributed by atoms with van der Waals surface area (Å²) in [5, 5.41) is 12.4. The first-order valence-corrected chi connectivity index (χ1v) is 12.6. The van der Waals surface area contributed by atoms with Gasteiger partial charge in [0, 0.05) is 52.1 Å². The maximum absolute atomic E-state index is 13.3. The van der Waals surface area contributed by atoms with E-state index in [0.717, 1.165) is 31.2 Å². The topological polar surface area (TPSA) is 141 Å². The number of nitrogens with one attached hydrogen (secondary N) is 1. The van der Waals surface area contributed by atoms with Crippen molar-refractivity contribution in [1.82, 2.24) is 14.9 Å². The number of carbonyl (C=O) groups is 3. The summed E-state index contributed by atoms with van der Waals surface area (Å²) in [6.07, 6.45) is 4.60. The number of anilines is 3. The van der Waals surface area contributed by atoms with E-state index in [0.29, 0.717) is 73.9 Å². The maximum Gasteiger partial charge on any atom is 0.328 e. The Labute approximate surface area is 220 Å². The van der Waals surface area contributed by atoms with Crippen LogP contribution in [0.2, 0.25) is 0 Å². The molecule has 2 fully saturated rings. The Morgan fingerprint density at radius 3 is 2.92 bits per heavy atom. The van der Waals surface area contributed by atoms with Gasteiger partial charge in [-0.1, -0.05) is 0 Å². The van der Waals surface area contributed by atoms with Crippen LogP contribution in [0.4, 0.5) is 22.1 Å². The molecule has 2 amide bonds. The van der Waals surface area contributed by atoms with Crippen molar-refractivity contribution in [3.8, 4) is 6.07 Å². The number of nitrogens with zero attached hydrogens (tertiary/aromatic N) is 6. The van der Waals surface area contributed by atoms with Crippen molar-refractivity contribution in [3.63, 3.8) is 0 Å². The quantitative estimate of drug-likeness (QED) is 0.538. The molecular weight excluding hydrogens is 490 g/mol. The molecule has 0 aromatic carbocycles. The molecular formula is C26H29N7O5. The molecule has 0 saturated carbocycles. The fraction of sp³-hybridized carbons (Fsp3) is 0.462. The van der Waals surface area contributed by atoms with E-state index in [1.165, 1.54) is 11.1 Å². The molecule has 3 aliphatic rings. The second-order valence-electron chi connectivity index (χ2n) is 9.48. The second-order valence-corrected chi connectivity index (χ2v) is 9.48. The summed E-state index contributed by atoms with van der Waals surface area (Å²) in [6.45, 7) is 3.20. The van der Waals surface area contributed by atoms with Crippen molar-refractivity contribution in [2.45, 2.75) is 38.1 Å². The zero-order valence-electron chi connectivity index (χ0n) is 21.1. The molecule has 12 heteroatoms. The van der Waals surface area contributed by atoms with Crippen molar-refractivity contribution in [2.75, 3.05) is 55.0 Å². The van der Waals surface area contributed by atoms with E-state index in [4.69, 9.17) is 9.47 Å². The molecule has 1 N–H and O–H groups in total. The van der Waals surface area contributed by atoms with Crippen LogP contribution in [0, 0.1) is 11.3 Å². The molecule has 38 heavy (non-hydrogen) atoms. The van der Waals surface area contributed by atoms with E-state index in [-0.39, 0.29) is 11.8 Å². The number of urea groups is 1. The minimum atomic E-state index is -0.640. The fourth-order valence-electron chi connectivity index (χ4n) is 5.20. The lowest BCUT2D eigenvalue weighted by Gasteiger charge is -2.30. The molecule has 2 aromatic heterocycles. The molecule has 2 atom stereocenters. The third-order valence-corrected chi connectivity index (χ3v) is 7.20. The number of carbonyl (C=O) groups excluding carboxylic acids is 3. The molecule has 0 aliphatic carbocycles. The SMILES string of the molecule is CO[C@H]1CCN(c2cc(NC(=O)N3CCCc4cc(CN5CCO[C@H]5C=O)c(C=O)nc43)ncc2C#N)C1.